The highest BCUT2D eigenvalue weighted by molar-refractivity contribution is 5.88. The van der Waals surface area contributed by atoms with Crippen LogP contribution in [0.5, 0.6) is 0 Å². The van der Waals surface area contributed by atoms with Crippen LogP contribution in [0.15, 0.2) is 42.0 Å². The monoisotopic (exact) mass is 315 g/mol. The van der Waals surface area contributed by atoms with E-state index in [2.05, 4.69) is 24.3 Å². The molecule has 2 aliphatic rings. The summed E-state index contributed by atoms with van der Waals surface area (Å²) in [6, 6.07) is 10.4. The number of piperidine rings is 1. The summed E-state index contributed by atoms with van der Waals surface area (Å²) in [7, 11) is 0. The number of benzene rings is 1. The summed E-state index contributed by atoms with van der Waals surface area (Å²) in [5, 5.41) is 0. The van der Waals surface area contributed by atoms with Crippen molar-refractivity contribution in [2.24, 2.45) is 0 Å². The molecule has 23 heavy (non-hydrogen) atoms. The van der Waals surface area contributed by atoms with E-state index in [0.717, 1.165) is 31.3 Å². The van der Waals surface area contributed by atoms with Gasteiger partial charge in [0.15, 0.2) is 5.79 Å². The predicted molar refractivity (Wildman–Crippen MR) is 89.0 cm³/mol. The van der Waals surface area contributed by atoms with Crippen LogP contribution in [-0.4, -0.2) is 42.9 Å². The number of aryl methyl sites for hydroxylation is 1. The molecule has 4 nitrogen and oxygen atoms in total. The number of ether oxygens (including phenoxy) is 2. The van der Waals surface area contributed by atoms with Gasteiger partial charge in [-0.25, -0.2) is 0 Å². The Bertz CT molecular complexity index is 551. The molecular formula is C19H25NO3. The third kappa shape index (κ3) is 4.21. The molecule has 2 saturated heterocycles. The summed E-state index contributed by atoms with van der Waals surface area (Å²) in [6.07, 6.45) is 5.23. The van der Waals surface area contributed by atoms with Crippen molar-refractivity contribution in [1.29, 1.82) is 0 Å². The number of carbonyl (C=O) groups excluding carboxylic acids is 1. The molecule has 0 aromatic heterocycles. The number of nitrogens with zero attached hydrogens (tertiary/aromatic N) is 1. The van der Waals surface area contributed by atoms with Crippen LogP contribution in [0.4, 0.5) is 0 Å². The minimum Gasteiger partial charge on any atom is -0.347 e. The molecule has 0 saturated carbocycles. The molecule has 3 rings (SSSR count). The zero-order chi connectivity index (χ0) is 16.1. The third-order valence-corrected chi connectivity index (χ3v) is 4.67. The number of hydrogen-bond donors (Lipinski definition) is 0. The van der Waals surface area contributed by atoms with Crippen molar-refractivity contribution in [3.63, 3.8) is 0 Å². The fraction of sp³-hybridized carbons (Fsp3) is 0.526. The predicted octanol–water partition coefficient (Wildman–Crippen LogP) is 2.93. The van der Waals surface area contributed by atoms with Crippen LogP contribution in [0.2, 0.25) is 0 Å². The van der Waals surface area contributed by atoms with E-state index < -0.39 is 5.79 Å². The zero-order valence-electron chi connectivity index (χ0n) is 13.8. The molecule has 1 spiro atoms. The number of allylic oxidation sites excluding steroid dienone is 1. The minimum absolute atomic E-state index is 0.114. The lowest BCUT2D eigenvalue weighted by atomic mass is 10.0. The Morgan fingerprint density at radius 1 is 1.17 bits per heavy atom. The summed E-state index contributed by atoms with van der Waals surface area (Å²) < 4.78 is 11.4. The molecule has 124 valence electrons. The second kappa shape index (κ2) is 7.28. The second-order valence-corrected chi connectivity index (χ2v) is 6.41. The molecule has 0 radical (unpaired) electrons. The van der Waals surface area contributed by atoms with Crippen LogP contribution in [0.3, 0.4) is 0 Å². The van der Waals surface area contributed by atoms with E-state index >= 15 is 0 Å². The largest absolute Gasteiger partial charge is 0.347 e. The second-order valence-electron chi connectivity index (χ2n) is 6.41. The number of hydrogen-bond acceptors (Lipinski definition) is 3. The molecule has 2 heterocycles. The van der Waals surface area contributed by atoms with Gasteiger partial charge in [0, 0.05) is 32.0 Å². The molecule has 2 aliphatic heterocycles. The van der Waals surface area contributed by atoms with Crippen molar-refractivity contribution >= 4 is 5.91 Å². The minimum atomic E-state index is -0.414. The van der Waals surface area contributed by atoms with Gasteiger partial charge < -0.3 is 14.4 Å². The molecule has 1 aromatic carbocycles. The lowest BCUT2D eigenvalue weighted by molar-refractivity contribution is -0.186. The first-order valence-corrected chi connectivity index (χ1v) is 8.45. The van der Waals surface area contributed by atoms with E-state index in [9.17, 15) is 4.79 Å². The molecule has 0 unspecified atom stereocenters. The Hall–Kier alpha value is -1.65. The molecule has 0 aliphatic carbocycles. The van der Waals surface area contributed by atoms with Gasteiger partial charge in [0.2, 0.25) is 5.91 Å². The van der Waals surface area contributed by atoms with Gasteiger partial charge in [-0.1, -0.05) is 35.9 Å². The topological polar surface area (TPSA) is 38.8 Å². The fourth-order valence-electron chi connectivity index (χ4n) is 3.21. The van der Waals surface area contributed by atoms with E-state index in [1.54, 1.807) is 6.08 Å². The van der Waals surface area contributed by atoms with Crippen molar-refractivity contribution in [3.05, 3.63) is 47.5 Å². The van der Waals surface area contributed by atoms with Gasteiger partial charge in [-0.05, 0) is 25.3 Å². The first kappa shape index (κ1) is 16.2. The van der Waals surface area contributed by atoms with Gasteiger partial charge in [-0.2, -0.15) is 0 Å². The molecule has 1 amide bonds. The first-order valence-electron chi connectivity index (χ1n) is 8.45. The van der Waals surface area contributed by atoms with Crippen molar-refractivity contribution in [3.8, 4) is 0 Å². The number of carbonyl (C=O) groups is 1. The van der Waals surface area contributed by atoms with E-state index in [4.69, 9.17) is 9.47 Å². The SMILES string of the molecule is C/C(=C\C(=O)N1CCC2(CC1)OCCO2)CCc1ccccc1. The molecule has 4 heteroatoms. The van der Waals surface area contributed by atoms with Gasteiger partial charge in [-0.3, -0.25) is 4.79 Å². The van der Waals surface area contributed by atoms with Crippen LogP contribution in [0.25, 0.3) is 0 Å². The van der Waals surface area contributed by atoms with E-state index in [0.29, 0.717) is 26.3 Å². The zero-order valence-corrected chi connectivity index (χ0v) is 13.8. The van der Waals surface area contributed by atoms with Crippen molar-refractivity contribution in [2.45, 2.75) is 38.4 Å². The molecular weight excluding hydrogens is 290 g/mol. The van der Waals surface area contributed by atoms with E-state index in [-0.39, 0.29) is 5.91 Å². The average Bonchev–Trinajstić information content (AvgIpc) is 3.02. The maximum absolute atomic E-state index is 12.4. The molecule has 1 aromatic rings. The van der Waals surface area contributed by atoms with Crippen LogP contribution in [-0.2, 0) is 20.7 Å². The van der Waals surface area contributed by atoms with Crippen molar-refractivity contribution < 1.29 is 14.3 Å². The molecule has 0 atom stereocenters. The van der Waals surface area contributed by atoms with Crippen molar-refractivity contribution in [2.75, 3.05) is 26.3 Å². The van der Waals surface area contributed by atoms with Gasteiger partial charge in [-0.15, -0.1) is 0 Å². The summed E-state index contributed by atoms with van der Waals surface area (Å²) in [5.74, 6) is -0.300. The van der Waals surface area contributed by atoms with Crippen molar-refractivity contribution in [1.82, 2.24) is 4.90 Å². The summed E-state index contributed by atoms with van der Waals surface area (Å²) in [6.45, 7) is 4.80. The summed E-state index contributed by atoms with van der Waals surface area (Å²) in [5.41, 5.74) is 2.44. The number of likely N-dealkylation sites (tertiary alicyclic amines) is 1. The highest BCUT2D eigenvalue weighted by Gasteiger charge is 2.40. The number of rotatable bonds is 4. The normalized spacial score (nSPS) is 20.9. The molecule has 0 N–H and O–H groups in total. The summed E-state index contributed by atoms with van der Waals surface area (Å²) >= 11 is 0. The number of amides is 1. The lowest BCUT2D eigenvalue weighted by Crippen LogP contribution is -2.46. The molecule has 0 bridgehead atoms. The Kier molecular flexibility index (Phi) is 5.13. The van der Waals surface area contributed by atoms with Gasteiger partial charge in [0.05, 0.1) is 13.2 Å². The quantitative estimate of drug-likeness (QED) is 0.802. The van der Waals surface area contributed by atoms with E-state index in [1.807, 2.05) is 17.9 Å². The van der Waals surface area contributed by atoms with Crippen LogP contribution >= 0.6 is 0 Å². The maximum Gasteiger partial charge on any atom is 0.246 e. The average molecular weight is 315 g/mol. The smallest absolute Gasteiger partial charge is 0.246 e. The Balaban J connectivity index is 1.48. The van der Waals surface area contributed by atoms with Gasteiger partial charge >= 0.3 is 0 Å². The van der Waals surface area contributed by atoms with Gasteiger partial charge in [0.25, 0.3) is 0 Å². The van der Waals surface area contributed by atoms with E-state index in [1.165, 1.54) is 5.56 Å². The van der Waals surface area contributed by atoms with Crippen LogP contribution < -0.4 is 0 Å². The molecule has 2 fully saturated rings. The lowest BCUT2D eigenvalue weighted by Gasteiger charge is -2.37. The highest BCUT2D eigenvalue weighted by Crippen LogP contribution is 2.31. The highest BCUT2D eigenvalue weighted by atomic mass is 16.7. The Morgan fingerprint density at radius 2 is 1.83 bits per heavy atom. The van der Waals surface area contributed by atoms with Gasteiger partial charge in [0.1, 0.15) is 0 Å². The summed E-state index contributed by atoms with van der Waals surface area (Å²) in [4.78, 5) is 14.3. The van der Waals surface area contributed by atoms with Crippen LogP contribution in [0, 0.1) is 0 Å². The third-order valence-electron chi connectivity index (χ3n) is 4.67. The standard InChI is InChI=1S/C19H25NO3/c1-16(7-8-17-5-3-2-4-6-17)15-18(21)20-11-9-19(10-12-20)22-13-14-23-19/h2-6,15H,7-14H2,1H3/b16-15+. The Morgan fingerprint density at radius 3 is 2.48 bits per heavy atom. The fourth-order valence-corrected chi connectivity index (χ4v) is 3.21. The Labute approximate surface area is 138 Å². The van der Waals surface area contributed by atoms with Crippen LogP contribution in [0.1, 0.15) is 31.7 Å². The maximum atomic E-state index is 12.4. The first-order chi connectivity index (χ1) is 11.2.